The van der Waals surface area contributed by atoms with E-state index in [9.17, 15) is 0 Å². The third-order valence-electron chi connectivity index (χ3n) is 3.34. The van der Waals surface area contributed by atoms with Gasteiger partial charge in [-0.2, -0.15) is 0 Å². The summed E-state index contributed by atoms with van der Waals surface area (Å²) < 4.78 is 0. The maximum Gasteiger partial charge on any atom is 0.0254 e. The number of hydrogen-bond donors (Lipinski definition) is 1. The molecule has 3 atom stereocenters. The molecule has 0 amide bonds. The molecule has 1 heterocycles. The molecule has 1 aliphatic rings. The Morgan fingerprint density at radius 1 is 1.43 bits per heavy atom. The molecule has 0 aromatic carbocycles. The van der Waals surface area contributed by atoms with Crippen molar-refractivity contribution in [3.8, 4) is 0 Å². The molecule has 1 saturated heterocycles. The molecule has 1 rings (SSSR count). The molecule has 0 aromatic heterocycles. The van der Waals surface area contributed by atoms with Gasteiger partial charge in [-0.1, -0.05) is 6.92 Å². The van der Waals surface area contributed by atoms with Gasteiger partial charge in [0.15, 0.2) is 0 Å². The Hall–Kier alpha value is -0.120. The Kier molecular flexibility index (Phi) is 4.35. The second kappa shape index (κ2) is 5.10. The van der Waals surface area contributed by atoms with Crippen LogP contribution in [0.4, 0.5) is 0 Å². The van der Waals surface area contributed by atoms with Crippen LogP contribution in [0.25, 0.3) is 0 Å². The lowest BCUT2D eigenvalue weighted by Crippen LogP contribution is -2.38. The highest BCUT2D eigenvalue weighted by Gasteiger charge is 2.30. The first-order valence-electron chi connectivity index (χ1n) is 5.60. The first-order chi connectivity index (χ1) is 6.54. The summed E-state index contributed by atoms with van der Waals surface area (Å²) in [5.74, 6) is 0.800. The van der Waals surface area contributed by atoms with Gasteiger partial charge in [-0.3, -0.25) is 4.90 Å². The molecule has 84 valence electrons. The van der Waals surface area contributed by atoms with Gasteiger partial charge in [0.05, 0.1) is 0 Å². The molecular weight excluding hydrogens is 174 g/mol. The molecular formula is C11H25N3. The van der Waals surface area contributed by atoms with Crippen molar-refractivity contribution in [2.45, 2.75) is 25.9 Å². The molecule has 14 heavy (non-hydrogen) atoms. The predicted octanol–water partition coefficient (Wildman–Crippen LogP) is 0.476. The van der Waals surface area contributed by atoms with Gasteiger partial charge in [-0.15, -0.1) is 0 Å². The van der Waals surface area contributed by atoms with E-state index in [0.29, 0.717) is 6.04 Å². The van der Waals surface area contributed by atoms with Crippen molar-refractivity contribution in [2.75, 3.05) is 40.8 Å². The minimum absolute atomic E-state index is 0.600. The van der Waals surface area contributed by atoms with Crippen molar-refractivity contribution < 1.29 is 0 Å². The minimum Gasteiger partial charge on any atom is -0.316 e. The normalized spacial score (nSPS) is 31.3. The molecule has 0 aromatic rings. The van der Waals surface area contributed by atoms with E-state index >= 15 is 0 Å². The summed E-state index contributed by atoms with van der Waals surface area (Å²) >= 11 is 0. The van der Waals surface area contributed by atoms with Crippen LogP contribution >= 0.6 is 0 Å². The molecule has 1 aliphatic heterocycles. The maximum atomic E-state index is 3.30. The fourth-order valence-corrected chi connectivity index (χ4v) is 2.35. The van der Waals surface area contributed by atoms with Crippen molar-refractivity contribution in [2.24, 2.45) is 5.92 Å². The zero-order valence-electron chi connectivity index (χ0n) is 10.2. The lowest BCUT2D eigenvalue weighted by atomic mass is 10.1. The average molecular weight is 199 g/mol. The van der Waals surface area contributed by atoms with Crippen LogP contribution in [0.1, 0.15) is 13.8 Å². The van der Waals surface area contributed by atoms with E-state index in [4.69, 9.17) is 0 Å². The van der Waals surface area contributed by atoms with E-state index in [-0.39, 0.29) is 0 Å². The largest absolute Gasteiger partial charge is 0.316 e. The van der Waals surface area contributed by atoms with Crippen LogP contribution in [0.5, 0.6) is 0 Å². The molecule has 0 spiro atoms. The first kappa shape index (κ1) is 12.0. The lowest BCUT2D eigenvalue weighted by molar-refractivity contribution is 0.246. The van der Waals surface area contributed by atoms with Gasteiger partial charge in [-0.05, 0) is 34.0 Å². The summed E-state index contributed by atoms with van der Waals surface area (Å²) in [7, 11) is 6.41. The van der Waals surface area contributed by atoms with E-state index in [1.54, 1.807) is 0 Å². The van der Waals surface area contributed by atoms with Crippen molar-refractivity contribution >= 4 is 0 Å². The van der Waals surface area contributed by atoms with Gasteiger partial charge < -0.3 is 10.2 Å². The molecule has 0 aliphatic carbocycles. The first-order valence-corrected chi connectivity index (χ1v) is 5.60. The smallest absolute Gasteiger partial charge is 0.0254 e. The van der Waals surface area contributed by atoms with Gasteiger partial charge in [0.2, 0.25) is 0 Å². The number of nitrogens with one attached hydrogen (secondary N) is 1. The number of likely N-dealkylation sites (N-methyl/N-ethyl adjacent to an activating group) is 2. The van der Waals surface area contributed by atoms with Crippen LogP contribution in [-0.4, -0.2) is 62.7 Å². The van der Waals surface area contributed by atoms with E-state index < -0.39 is 0 Å². The maximum absolute atomic E-state index is 3.30. The zero-order chi connectivity index (χ0) is 10.7. The van der Waals surface area contributed by atoms with Gasteiger partial charge in [-0.25, -0.2) is 0 Å². The number of nitrogens with zero attached hydrogens (tertiary/aromatic N) is 2. The van der Waals surface area contributed by atoms with Crippen LogP contribution < -0.4 is 5.32 Å². The van der Waals surface area contributed by atoms with Crippen molar-refractivity contribution in [1.82, 2.24) is 15.1 Å². The monoisotopic (exact) mass is 199 g/mol. The molecule has 3 unspecified atom stereocenters. The SMILES string of the molecule is CNC(C)CN1CC(C)C(N(C)C)C1. The third kappa shape index (κ3) is 2.94. The fraction of sp³-hybridized carbons (Fsp3) is 1.00. The molecule has 1 fully saturated rings. The van der Waals surface area contributed by atoms with Crippen LogP contribution in [-0.2, 0) is 0 Å². The number of hydrogen-bond acceptors (Lipinski definition) is 3. The number of likely N-dealkylation sites (tertiary alicyclic amines) is 1. The number of rotatable bonds is 4. The molecule has 0 saturated carbocycles. The Bertz CT molecular complexity index is 170. The van der Waals surface area contributed by atoms with Crippen LogP contribution in [0, 0.1) is 5.92 Å². The summed E-state index contributed by atoms with van der Waals surface area (Å²) in [6.45, 7) is 8.24. The van der Waals surface area contributed by atoms with Crippen molar-refractivity contribution in [3.63, 3.8) is 0 Å². The second-order valence-electron chi connectivity index (χ2n) is 4.92. The summed E-state index contributed by atoms with van der Waals surface area (Å²) in [5, 5.41) is 3.30. The molecule has 1 N–H and O–H groups in total. The molecule has 3 nitrogen and oxygen atoms in total. The van der Waals surface area contributed by atoms with Crippen LogP contribution in [0.2, 0.25) is 0 Å². The Morgan fingerprint density at radius 3 is 2.50 bits per heavy atom. The highest BCUT2D eigenvalue weighted by Crippen LogP contribution is 2.19. The Morgan fingerprint density at radius 2 is 2.07 bits per heavy atom. The van der Waals surface area contributed by atoms with Gasteiger partial charge in [0.25, 0.3) is 0 Å². The van der Waals surface area contributed by atoms with E-state index in [2.05, 4.69) is 43.1 Å². The summed E-state index contributed by atoms with van der Waals surface area (Å²) in [4.78, 5) is 4.92. The Labute approximate surface area is 88.5 Å². The Balaban J connectivity index is 2.38. The second-order valence-corrected chi connectivity index (χ2v) is 4.92. The van der Waals surface area contributed by atoms with Crippen molar-refractivity contribution in [1.29, 1.82) is 0 Å². The summed E-state index contributed by atoms with van der Waals surface area (Å²) in [6.07, 6.45) is 0. The minimum atomic E-state index is 0.600. The van der Waals surface area contributed by atoms with Crippen LogP contribution in [0.3, 0.4) is 0 Å². The fourth-order valence-electron chi connectivity index (χ4n) is 2.35. The van der Waals surface area contributed by atoms with Gasteiger partial charge in [0, 0.05) is 31.7 Å². The molecule has 3 heteroatoms. The van der Waals surface area contributed by atoms with Crippen LogP contribution in [0.15, 0.2) is 0 Å². The summed E-state index contributed by atoms with van der Waals surface area (Å²) in [5.41, 5.74) is 0. The average Bonchev–Trinajstić information content (AvgIpc) is 2.46. The third-order valence-corrected chi connectivity index (χ3v) is 3.34. The standard InChI is InChI=1S/C11H25N3/c1-9-6-14(7-10(2)12-3)8-11(9)13(4)5/h9-12H,6-8H2,1-5H3. The lowest BCUT2D eigenvalue weighted by Gasteiger charge is -2.23. The highest BCUT2D eigenvalue weighted by molar-refractivity contribution is 4.87. The molecule has 0 radical (unpaired) electrons. The predicted molar refractivity (Wildman–Crippen MR) is 61.6 cm³/mol. The van der Waals surface area contributed by atoms with E-state index in [1.807, 2.05) is 7.05 Å². The highest BCUT2D eigenvalue weighted by atomic mass is 15.2. The van der Waals surface area contributed by atoms with E-state index in [1.165, 1.54) is 19.6 Å². The quantitative estimate of drug-likeness (QED) is 0.710. The van der Waals surface area contributed by atoms with Gasteiger partial charge >= 0.3 is 0 Å². The van der Waals surface area contributed by atoms with Crippen molar-refractivity contribution in [3.05, 3.63) is 0 Å². The zero-order valence-corrected chi connectivity index (χ0v) is 10.2. The van der Waals surface area contributed by atoms with Gasteiger partial charge in [0.1, 0.15) is 0 Å². The topological polar surface area (TPSA) is 18.5 Å². The summed E-state index contributed by atoms with van der Waals surface area (Å²) in [6, 6.07) is 1.34. The molecule has 0 bridgehead atoms. The van der Waals surface area contributed by atoms with E-state index in [0.717, 1.165) is 12.0 Å².